The number of carbonyl (C=O) groups excluding carboxylic acids is 1. The number of hydrogen-bond acceptors (Lipinski definition) is 2. The van der Waals surface area contributed by atoms with Gasteiger partial charge < -0.3 is 10.2 Å². The Morgan fingerprint density at radius 2 is 1.72 bits per heavy atom. The normalized spacial score (nSPS) is 22.7. The minimum atomic E-state index is -0.510. The van der Waals surface area contributed by atoms with E-state index in [-0.39, 0.29) is 11.3 Å². The molecule has 0 radical (unpaired) electrons. The second kappa shape index (κ2) is 4.39. The number of amides is 1. The summed E-state index contributed by atoms with van der Waals surface area (Å²) in [6, 6.07) is 9.91. The molecule has 0 bridgehead atoms. The van der Waals surface area contributed by atoms with Gasteiger partial charge in [0.15, 0.2) is 0 Å². The lowest BCUT2D eigenvalue weighted by Gasteiger charge is -2.30. The van der Waals surface area contributed by atoms with Gasteiger partial charge in [-0.1, -0.05) is 32.0 Å². The number of carbonyl (C=O) groups is 1. The summed E-state index contributed by atoms with van der Waals surface area (Å²) in [4.78, 5) is 14.5. The largest absolute Gasteiger partial charge is 0.310 e. The molecule has 2 rings (SSSR count). The molecule has 1 aliphatic rings. The van der Waals surface area contributed by atoms with E-state index >= 15 is 0 Å². The smallest absolute Gasteiger partial charge is 0.246 e. The van der Waals surface area contributed by atoms with Crippen molar-refractivity contribution in [3.63, 3.8) is 0 Å². The number of para-hydroxylation sites is 1. The maximum atomic E-state index is 12.6. The maximum Gasteiger partial charge on any atom is 0.246 e. The molecule has 0 aliphatic carbocycles. The standard InChI is InChI=1S/C15H22N2O/c1-14(2)10-16-15(3,4)13(18)17(11-14)12-8-6-5-7-9-12/h5-9,16H,10-11H2,1-4H3. The van der Waals surface area contributed by atoms with Crippen LogP contribution in [0.4, 0.5) is 5.69 Å². The summed E-state index contributed by atoms with van der Waals surface area (Å²) < 4.78 is 0. The number of anilines is 1. The molecule has 0 saturated carbocycles. The number of nitrogens with one attached hydrogen (secondary N) is 1. The van der Waals surface area contributed by atoms with E-state index in [1.807, 2.05) is 49.1 Å². The highest BCUT2D eigenvalue weighted by atomic mass is 16.2. The minimum absolute atomic E-state index is 0.0687. The van der Waals surface area contributed by atoms with Crippen LogP contribution in [0.15, 0.2) is 30.3 Å². The molecule has 1 heterocycles. The van der Waals surface area contributed by atoms with E-state index in [4.69, 9.17) is 0 Å². The molecule has 3 heteroatoms. The van der Waals surface area contributed by atoms with Gasteiger partial charge in [-0.3, -0.25) is 4.79 Å². The van der Waals surface area contributed by atoms with Crippen LogP contribution in [0.5, 0.6) is 0 Å². The summed E-state index contributed by atoms with van der Waals surface area (Å²) in [6.45, 7) is 9.86. The Morgan fingerprint density at radius 3 is 2.33 bits per heavy atom. The fourth-order valence-corrected chi connectivity index (χ4v) is 2.25. The monoisotopic (exact) mass is 246 g/mol. The zero-order chi connectivity index (χ0) is 13.4. The first-order valence-corrected chi connectivity index (χ1v) is 6.44. The number of nitrogens with zero attached hydrogens (tertiary/aromatic N) is 1. The SMILES string of the molecule is CC1(C)CNC(C)(C)C(=O)N(c2ccccc2)C1. The van der Waals surface area contributed by atoms with Gasteiger partial charge in [0.2, 0.25) is 5.91 Å². The molecule has 1 aliphatic heterocycles. The van der Waals surface area contributed by atoms with Gasteiger partial charge in [-0.15, -0.1) is 0 Å². The van der Waals surface area contributed by atoms with Crippen LogP contribution in [-0.4, -0.2) is 24.5 Å². The lowest BCUT2D eigenvalue weighted by molar-refractivity contribution is -0.123. The van der Waals surface area contributed by atoms with Crippen LogP contribution in [0.2, 0.25) is 0 Å². The number of rotatable bonds is 1. The maximum absolute atomic E-state index is 12.6. The summed E-state index contributed by atoms with van der Waals surface area (Å²) in [5, 5.41) is 3.37. The molecule has 1 amide bonds. The van der Waals surface area contributed by atoms with Crippen molar-refractivity contribution in [1.82, 2.24) is 5.32 Å². The molecule has 1 aromatic carbocycles. The van der Waals surface area contributed by atoms with Gasteiger partial charge in [-0.2, -0.15) is 0 Å². The third kappa shape index (κ3) is 2.56. The van der Waals surface area contributed by atoms with Gasteiger partial charge in [0, 0.05) is 18.8 Å². The molecule has 1 saturated heterocycles. The van der Waals surface area contributed by atoms with Crippen LogP contribution in [0, 0.1) is 5.41 Å². The van der Waals surface area contributed by atoms with Crippen LogP contribution in [0.1, 0.15) is 27.7 Å². The Labute approximate surface area is 109 Å². The van der Waals surface area contributed by atoms with Crippen molar-refractivity contribution in [3.05, 3.63) is 30.3 Å². The molecular weight excluding hydrogens is 224 g/mol. The third-order valence-electron chi connectivity index (χ3n) is 3.44. The lowest BCUT2D eigenvalue weighted by Crippen LogP contribution is -2.51. The third-order valence-corrected chi connectivity index (χ3v) is 3.44. The molecule has 3 nitrogen and oxygen atoms in total. The highest BCUT2D eigenvalue weighted by Gasteiger charge is 2.39. The molecule has 18 heavy (non-hydrogen) atoms. The molecule has 1 fully saturated rings. The Morgan fingerprint density at radius 1 is 1.11 bits per heavy atom. The summed E-state index contributed by atoms with van der Waals surface area (Å²) in [5.41, 5.74) is 0.537. The first kappa shape index (κ1) is 13.1. The van der Waals surface area contributed by atoms with Crippen molar-refractivity contribution in [1.29, 1.82) is 0 Å². The van der Waals surface area contributed by atoms with Gasteiger partial charge in [0.05, 0.1) is 5.54 Å². The molecule has 98 valence electrons. The fraction of sp³-hybridized carbons (Fsp3) is 0.533. The van der Waals surface area contributed by atoms with E-state index in [0.717, 1.165) is 18.8 Å². The van der Waals surface area contributed by atoms with Gasteiger partial charge in [0.1, 0.15) is 0 Å². The Balaban J connectivity index is 2.39. The fourth-order valence-electron chi connectivity index (χ4n) is 2.25. The van der Waals surface area contributed by atoms with E-state index in [1.54, 1.807) is 0 Å². The summed E-state index contributed by atoms with van der Waals surface area (Å²) in [6.07, 6.45) is 0. The first-order valence-electron chi connectivity index (χ1n) is 6.44. The highest BCUT2D eigenvalue weighted by Crippen LogP contribution is 2.27. The molecule has 1 N–H and O–H groups in total. The topological polar surface area (TPSA) is 32.3 Å². The number of hydrogen-bond donors (Lipinski definition) is 1. The Bertz CT molecular complexity index is 437. The zero-order valence-electron chi connectivity index (χ0n) is 11.7. The van der Waals surface area contributed by atoms with Crippen LogP contribution in [-0.2, 0) is 4.79 Å². The van der Waals surface area contributed by atoms with Gasteiger partial charge in [0.25, 0.3) is 0 Å². The second-order valence-electron chi connectivity index (χ2n) is 6.37. The predicted octanol–water partition coefficient (Wildman–Crippen LogP) is 2.43. The molecule has 1 aromatic rings. The average Bonchev–Trinajstić information content (AvgIpc) is 2.41. The molecule has 0 atom stereocenters. The highest BCUT2D eigenvalue weighted by molar-refractivity contribution is 6.00. The van der Waals surface area contributed by atoms with E-state index in [1.165, 1.54) is 0 Å². The quantitative estimate of drug-likeness (QED) is 0.825. The summed E-state index contributed by atoms with van der Waals surface area (Å²) >= 11 is 0. The van der Waals surface area contributed by atoms with E-state index < -0.39 is 5.54 Å². The first-order chi connectivity index (χ1) is 8.32. The van der Waals surface area contributed by atoms with Gasteiger partial charge in [-0.05, 0) is 31.4 Å². The van der Waals surface area contributed by atoms with Crippen LogP contribution >= 0.6 is 0 Å². The van der Waals surface area contributed by atoms with Crippen molar-refractivity contribution in [2.75, 3.05) is 18.0 Å². The second-order valence-corrected chi connectivity index (χ2v) is 6.37. The molecular formula is C15H22N2O. The average molecular weight is 246 g/mol. The van der Waals surface area contributed by atoms with E-state index in [2.05, 4.69) is 19.2 Å². The van der Waals surface area contributed by atoms with E-state index in [9.17, 15) is 4.79 Å². The van der Waals surface area contributed by atoms with Crippen LogP contribution < -0.4 is 10.2 Å². The molecule has 0 spiro atoms. The zero-order valence-corrected chi connectivity index (χ0v) is 11.7. The van der Waals surface area contributed by atoms with Gasteiger partial charge in [-0.25, -0.2) is 0 Å². The lowest BCUT2D eigenvalue weighted by atomic mass is 9.93. The van der Waals surface area contributed by atoms with Crippen molar-refractivity contribution in [2.45, 2.75) is 33.2 Å². The molecule has 0 aromatic heterocycles. The predicted molar refractivity (Wildman–Crippen MR) is 74.7 cm³/mol. The Hall–Kier alpha value is -1.35. The summed E-state index contributed by atoms with van der Waals surface area (Å²) in [7, 11) is 0. The van der Waals surface area contributed by atoms with Crippen LogP contribution in [0.25, 0.3) is 0 Å². The van der Waals surface area contributed by atoms with Gasteiger partial charge >= 0.3 is 0 Å². The van der Waals surface area contributed by atoms with Crippen molar-refractivity contribution in [2.24, 2.45) is 5.41 Å². The van der Waals surface area contributed by atoms with E-state index in [0.29, 0.717) is 0 Å². The number of benzene rings is 1. The van der Waals surface area contributed by atoms with Crippen molar-refractivity contribution in [3.8, 4) is 0 Å². The summed E-state index contributed by atoms with van der Waals surface area (Å²) in [5.74, 6) is 0.138. The Kier molecular flexibility index (Phi) is 3.20. The van der Waals surface area contributed by atoms with Crippen molar-refractivity contribution < 1.29 is 4.79 Å². The van der Waals surface area contributed by atoms with Crippen molar-refractivity contribution >= 4 is 11.6 Å². The minimum Gasteiger partial charge on any atom is -0.310 e. The van der Waals surface area contributed by atoms with Crippen LogP contribution in [0.3, 0.4) is 0 Å². The molecule has 0 unspecified atom stereocenters.